The average Bonchev–Trinajstić information content (AvgIpc) is 2.66. The van der Waals surface area contributed by atoms with Crippen LogP contribution in [0.5, 0.6) is 5.75 Å². The fourth-order valence-corrected chi connectivity index (χ4v) is 2.56. The molecular weight excluding hydrogens is 234 g/mol. The molecule has 0 bridgehead atoms. The van der Waals surface area contributed by atoms with Crippen LogP contribution in [0.15, 0.2) is 24.3 Å². The van der Waals surface area contributed by atoms with E-state index in [0.29, 0.717) is 12.1 Å². The Morgan fingerprint density at radius 1 is 1.05 bits per heavy atom. The van der Waals surface area contributed by atoms with Crippen LogP contribution in [-0.4, -0.2) is 12.1 Å². The summed E-state index contributed by atoms with van der Waals surface area (Å²) in [6.07, 6.45) is 8.26. The van der Waals surface area contributed by atoms with Gasteiger partial charge in [0.15, 0.2) is 0 Å². The Kier molecular flexibility index (Phi) is 5.71. The molecule has 1 N–H and O–H groups in total. The van der Waals surface area contributed by atoms with E-state index >= 15 is 0 Å². The van der Waals surface area contributed by atoms with E-state index in [1.54, 1.807) is 0 Å². The second-order valence-electron chi connectivity index (χ2n) is 5.91. The number of ether oxygens (including phenoxy) is 1. The zero-order valence-electron chi connectivity index (χ0n) is 12.3. The summed E-state index contributed by atoms with van der Waals surface area (Å²) in [4.78, 5) is 0. The minimum Gasteiger partial charge on any atom is -0.490 e. The molecule has 0 aromatic heterocycles. The van der Waals surface area contributed by atoms with Crippen LogP contribution >= 0.6 is 0 Å². The summed E-state index contributed by atoms with van der Waals surface area (Å²) in [6, 6.07) is 9.09. The predicted octanol–water partition coefficient (Wildman–Crippen LogP) is 4.29. The lowest BCUT2D eigenvalue weighted by atomic mass is 10.1. The molecule has 0 atom stereocenters. The highest BCUT2D eigenvalue weighted by atomic mass is 16.5. The summed E-state index contributed by atoms with van der Waals surface area (Å²) < 4.78 is 6.10. The summed E-state index contributed by atoms with van der Waals surface area (Å²) in [5.41, 5.74) is 1.32. The molecule has 2 nitrogen and oxygen atoms in total. The molecule has 106 valence electrons. The van der Waals surface area contributed by atoms with E-state index in [9.17, 15) is 0 Å². The minimum atomic E-state index is 0.433. The predicted molar refractivity (Wildman–Crippen MR) is 80.5 cm³/mol. The maximum Gasteiger partial charge on any atom is 0.119 e. The standard InChI is InChI=1S/C17H27NO/c1-14(2)18-13-15-9-11-17(12-10-15)19-16-7-5-3-4-6-8-16/h9-12,14,16,18H,3-8,13H2,1-2H3. The Bertz CT molecular complexity index is 350. The van der Waals surface area contributed by atoms with E-state index in [-0.39, 0.29) is 0 Å². The van der Waals surface area contributed by atoms with Gasteiger partial charge in [0.25, 0.3) is 0 Å². The van der Waals surface area contributed by atoms with Crippen molar-refractivity contribution in [3.8, 4) is 5.75 Å². The van der Waals surface area contributed by atoms with Crippen molar-refractivity contribution in [3.63, 3.8) is 0 Å². The zero-order chi connectivity index (χ0) is 13.5. The summed E-state index contributed by atoms with van der Waals surface area (Å²) in [6.45, 7) is 5.27. The Morgan fingerprint density at radius 3 is 2.26 bits per heavy atom. The quantitative estimate of drug-likeness (QED) is 0.798. The van der Waals surface area contributed by atoms with Gasteiger partial charge in [-0.25, -0.2) is 0 Å². The number of rotatable bonds is 5. The van der Waals surface area contributed by atoms with Gasteiger partial charge in [-0.15, -0.1) is 0 Å². The van der Waals surface area contributed by atoms with Crippen LogP contribution in [-0.2, 0) is 6.54 Å². The molecule has 0 saturated heterocycles. The zero-order valence-corrected chi connectivity index (χ0v) is 12.3. The first kappa shape index (κ1) is 14.4. The van der Waals surface area contributed by atoms with Gasteiger partial charge in [-0.2, -0.15) is 0 Å². The highest BCUT2D eigenvalue weighted by Gasteiger charge is 2.13. The average molecular weight is 261 g/mol. The maximum absolute atomic E-state index is 6.10. The van der Waals surface area contributed by atoms with Crippen molar-refractivity contribution in [2.45, 2.75) is 71.1 Å². The lowest BCUT2D eigenvalue weighted by Gasteiger charge is -2.17. The molecule has 1 aromatic carbocycles. The van der Waals surface area contributed by atoms with E-state index in [1.807, 2.05) is 0 Å². The normalized spacial score (nSPS) is 17.4. The molecule has 0 spiro atoms. The monoisotopic (exact) mass is 261 g/mol. The van der Waals surface area contributed by atoms with E-state index < -0.39 is 0 Å². The Morgan fingerprint density at radius 2 is 1.68 bits per heavy atom. The molecule has 1 aliphatic carbocycles. The van der Waals surface area contributed by atoms with Gasteiger partial charge in [0.05, 0.1) is 6.10 Å². The molecule has 0 aliphatic heterocycles. The third-order valence-corrected chi connectivity index (χ3v) is 3.74. The summed E-state index contributed by atoms with van der Waals surface area (Å²) in [7, 11) is 0. The van der Waals surface area contributed by atoms with Crippen molar-refractivity contribution < 1.29 is 4.74 Å². The summed E-state index contributed by atoms with van der Waals surface area (Å²) in [5, 5.41) is 3.43. The van der Waals surface area contributed by atoms with Crippen molar-refractivity contribution in [3.05, 3.63) is 29.8 Å². The van der Waals surface area contributed by atoms with Crippen molar-refractivity contribution in [2.24, 2.45) is 0 Å². The Labute approximate surface area is 117 Å². The molecule has 1 aromatic rings. The molecule has 2 heteroatoms. The molecule has 0 heterocycles. The fourth-order valence-electron chi connectivity index (χ4n) is 2.56. The van der Waals surface area contributed by atoms with Gasteiger partial charge in [-0.3, -0.25) is 0 Å². The topological polar surface area (TPSA) is 21.3 Å². The first-order chi connectivity index (χ1) is 9.24. The highest BCUT2D eigenvalue weighted by Crippen LogP contribution is 2.23. The van der Waals surface area contributed by atoms with Crippen LogP contribution in [0.25, 0.3) is 0 Å². The molecule has 0 unspecified atom stereocenters. The highest BCUT2D eigenvalue weighted by molar-refractivity contribution is 5.27. The summed E-state index contributed by atoms with van der Waals surface area (Å²) in [5.74, 6) is 1.03. The van der Waals surface area contributed by atoms with E-state index in [4.69, 9.17) is 4.74 Å². The van der Waals surface area contributed by atoms with Crippen LogP contribution in [0, 0.1) is 0 Å². The third-order valence-electron chi connectivity index (χ3n) is 3.74. The van der Waals surface area contributed by atoms with Crippen molar-refractivity contribution >= 4 is 0 Å². The number of hydrogen-bond donors (Lipinski definition) is 1. The van der Waals surface area contributed by atoms with Gasteiger partial charge >= 0.3 is 0 Å². The lowest BCUT2D eigenvalue weighted by Crippen LogP contribution is -2.21. The summed E-state index contributed by atoms with van der Waals surface area (Å²) >= 11 is 0. The van der Waals surface area contributed by atoms with Gasteiger partial charge in [-0.1, -0.05) is 38.8 Å². The van der Waals surface area contributed by atoms with Crippen molar-refractivity contribution in [1.29, 1.82) is 0 Å². The van der Waals surface area contributed by atoms with Crippen LogP contribution in [0.4, 0.5) is 0 Å². The Hall–Kier alpha value is -1.02. The number of benzene rings is 1. The fraction of sp³-hybridized carbons (Fsp3) is 0.647. The Balaban J connectivity index is 1.83. The second-order valence-corrected chi connectivity index (χ2v) is 5.91. The molecule has 2 rings (SSSR count). The second kappa shape index (κ2) is 7.54. The van der Waals surface area contributed by atoms with Gasteiger partial charge in [0.1, 0.15) is 5.75 Å². The molecule has 0 amide bonds. The minimum absolute atomic E-state index is 0.433. The molecular formula is C17H27NO. The van der Waals surface area contributed by atoms with E-state index in [0.717, 1.165) is 12.3 Å². The van der Waals surface area contributed by atoms with Crippen LogP contribution in [0.1, 0.15) is 57.9 Å². The van der Waals surface area contributed by atoms with E-state index in [2.05, 4.69) is 43.4 Å². The van der Waals surface area contributed by atoms with Crippen LogP contribution < -0.4 is 10.1 Å². The smallest absolute Gasteiger partial charge is 0.119 e. The molecule has 1 saturated carbocycles. The van der Waals surface area contributed by atoms with Gasteiger partial charge in [-0.05, 0) is 43.4 Å². The molecule has 1 fully saturated rings. The van der Waals surface area contributed by atoms with Gasteiger partial charge in [0.2, 0.25) is 0 Å². The largest absolute Gasteiger partial charge is 0.490 e. The first-order valence-corrected chi connectivity index (χ1v) is 7.73. The van der Waals surface area contributed by atoms with Crippen LogP contribution in [0.2, 0.25) is 0 Å². The van der Waals surface area contributed by atoms with Crippen molar-refractivity contribution in [2.75, 3.05) is 0 Å². The SMILES string of the molecule is CC(C)NCc1ccc(OC2CCCCCC2)cc1. The molecule has 1 aliphatic rings. The van der Waals surface area contributed by atoms with Gasteiger partial charge in [0, 0.05) is 12.6 Å². The van der Waals surface area contributed by atoms with E-state index in [1.165, 1.54) is 44.1 Å². The number of nitrogens with one attached hydrogen (secondary N) is 1. The lowest BCUT2D eigenvalue weighted by molar-refractivity contribution is 0.183. The number of hydrogen-bond acceptors (Lipinski definition) is 2. The first-order valence-electron chi connectivity index (χ1n) is 7.73. The molecule has 19 heavy (non-hydrogen) atoms. The van der Waals surface area contributed by atoms with Crippen molar-refractivity contribution in [1.82, 2.24) is 5.32 Å². The molecule has 0 radical (unpaired) electrons. The maximum atomic E-state index is 6.10. The van der Waals surface area contributed by atoms with Gasteiger partial charge < -0.3 is 10.1 Å². The third kappa shape index (κ3) is 5.23. The van der Waals surface area contributed by atoms with Crippen LogP contribution in [0.3, 0.4) is 0 Å².